The Balaban J connectivity index is 0.00000121. The Morgan fingerprint density at radius 2 is 2.00 bits per heavy atom. The van der Waals surface area contributed by atoms with E-state index in [1.165, 1.54) is 12.1 Å². The third-order valence-electron chi connectivity index (χ3n) is 0.960. The molecule has 0 radical (unpaired) electrons. The van der Waals surface area contributed by atoms with E-state index in [-0.39, 0.29) is 57.1 Å². The topological polar surface area (TPSA) is 43.4 Å². The van der Waals surface area contributed by atoms with Gasteiger partial charge in [0.25, 0.3) is 0 Å². The molecule has 12 heavy (non-hydrogen) atoms. The van der Waals surface area contributed by atoms with Gasteiger partial charge in [0.2, 0.25) is 0 Å². The monoisotopic (exact) mass is 230 g/mol. The van der Waals surface area contributed by atoms with Gasteiger partial charge in [-0.05, 0) is 18.2 Å². The smallest absolute Gasteiger partial charge is 0.533 e. The van der Waals surface area contributed by atoms with Crippen molar-refractivity contribution in [3.8, 4) is 5.75 Å². The zero-order valence-electron chi connectivity index (χ0n) is 6.32. The molecule has 0 aliphatic carbocycles. The van der Waals surface area contributed by atoms with E-state index >= 15 is 0 Å². The van der Waals surface area contributed by atoms with Crippen molar-refractivity contribution in [1.29, 1.82) is 0 Å². The van der Waals surface area contributed by atoms with Crippen molar-refractivity contribution in [1.82, 2.24) is 0 Å². The minimum absolute atomic E-state index is 0. The van der Waals surface area contributed by atoms with Crippen LogP contribution in [-0.2, 0) is 19.4 Å². The molecule has 3 nitrogen and oxygen atoms in total. The molecule has 0 bridgehead atoms. The number of rotatable bonds is 2. The quantitative estimate of drug-likeness (QED) is 0.481. The third kappa shape index (κ3) is 4.81. The molecule has 0 spiro atoms. The summed E-state index contributed by atoms with van der Waals surface area (Å²) in [6.07, 6.45) is 0. The van der Waals surface area contributed by atoms with E-state index in [0.717, 1.165) is 0 Å². The van der Waals surface area contributed by atoms with Gasteiger partial charge in [0.15, 0.2) is 0 Å². The van der Waals surface area contributed by atoms with Crippen LogP contribution in [0.15, 0.2) is 24.3 Å². The number of hydrogen-bond donors (Lipinski definition) is 0. The molecule has 0 amide bonds. The molecule has 0 unspecified atom stereocenters. The SMILES string of the molecule is O=[S-](=O)Oc1cccc(Cl)c1.[K+]. The minimum atomic E-state index is -2.53. The molecule has 0 N–H and O–H groups in total. The van der Waals surface area contributed by atoms with Gasteiger partial charge in [-0.25, -0.2) is 0 Å². The van der Waals surface area contributed by atoms with Crippen LogP contribution >= 0.6 is 11.6 Å². The van der Waals surface area contributed by atoms with E-state index < -0.39 is 11.0 Å². The average molecular weight is 231 g/mol. The van der Waals surface area contributed by atoms with Crippen molar-refractivity contribution < 1.29 is 64.0 Å². The predicted octanol–water partition coefficient (Wildman–Crippen LogP) is -1.05. The Morgan fingerprint density at radius 3 is 2.50 bits per heavy atom. The Kier molecular flexibility index (Phi) is 6.84. The molecule has 0 aromatic heterocycles. The van der Waals surface area contributed by atoms with Crippen molar-refractivity contribution in [2.75, 3.05) is 0 Å². The summed E-state index contributed by atoms with van der Waals surface area (Å²) in [6, 6.07) is 6.14. The van der Waals surface area contributed by atoms with Crippen LogP contribution in [-0.4, -0.2) is 0 Å². The van der Waals surface area contributed by atoms with E-state index in [0.29, 0.717) is 5.02 Å². The van der Waals surface area contributed by atoms with E-state index in [1.807, 2.05) is 0 Å². The molecule has 1 aromatic carbocycles. The number of hydrogen-bond acceptors (Lipinski definition) is 4. The maximum absolute atomic E-state index is 10.0. The molecule has 0 aliphatic rings. The first-order chi connectivity index (χ1) is 5.18. The molecule has 1 rings (SSSR count). The molecular formula is C6H4ClKO3S. The van der Waals surface area contributed by atoms with Crippen molar-refractivity contribution in [2.24, 2.45) is 0 Å². The summed E-state index contributed by atoms with van der Waals surface area (Å²) < 4.78 is 24.4. The molecule has 0 saturated carbocycles. The Bertz CT molecular complexity index is 318. The zero-order valence-corrected chi connectivity index (χ0v) is 11.0. The van der Waals surface area contributed by atoms with Crippen LogP contribution in [0.4, 0.5) is 0 Å². The fourth-order valence-electron chi connectivity index (χ4n) is 0.597. The average Bonchev–Trinajstić information content (AvgIpc) is 1.85. The maximum Gasteiger partial charge on any atom is 1.00 e. The molecule has 6 heteroatoms. The van der Waals surface area contributed by atoms with Gasteiger partial charge in [0, 0.05) is 5.02 Å². The van der Waals surface area contributed by atoms with Gasteiger partial charge >= 0.3 is 51.4 Å². The normalized spacial score (nSPS) is 9.17. The molecule has 60 valence electrons. The molecule has 0 aliphatic heterocycles. The van der Waals surface area contributed by atoms with Crippen molar-refractivity contribution in [3.05, 3.63) is 29.3 Å². The summed E-state index contributed by atoms with van der Waals surface area (Å²) in [5, 5.41) is 0.438. The van der Waals surface area contributed by atoms with Gasteiger partial charge in [-0.15, -0.1) is 0 Å². The zero-order chi connectivity index (χ0) is 8.27. The van der Waals surface area contributed by atoms with Crippen LogP contribution < -0.4 is 55.6 Å². The fourth-order valence-corrected chi connectivity index (χ4v) is 1.04. The van der Waals surface area contributed by atoms with Crippen LogP contribution in [0, 0.1) is 0 Å². The summed E-state index contributed by atoms with van der Waals surface area (Å²) in [6.45, 7) is 0. The van der Waals surface area contributed by atoms with E-state index in [2.05, 4.69) is 4.18 Å². The first-order valence-electron chi connectivity index (χ1n) is 2.71. The van der Waals surface area contributed by atoms with E-state index in [1.54, 1.807) is 12.1 Å². The second-order valence-electron chi connectivity index (χ2n) is 1.74. The Hall–Kier alpha value is 0.896. The van der Waals surface area contributed by atoms with Crippen molar-refractivity contribution in [2.45, 2.75) is 0 Å². The largest absolute Gasteiger partial charge is 1.00 e. The molecule has 0 heterocycles. The summed E-state index contributed by atoms with van der Waals surface area (Å²) >= 11 is 5.55. The molecule has 0 atom stereocenters. The molecule has 1 aromatic rings. The minimum Gasteiger partial charge on any atom is -0.533 e. The first kappa shape index (κ1) is 12.9. The first-order valence-corrected chi connectivity index (χ1v) is 4.09. The number of benzene rings is 1. The third-order valence-corrected chi connectivity index (χ3v) is 1.52. The van der Waals surface area contributed by atoms with Gasteiger partial charge in [-0.1, -0.05) is 17.7 Å². The second-order valence-corrected chi connectivity index (χ2v) is 2.76. The van der Waals surface area contributed by atoms with Gasteiger partial charge in [-0.2, -0.15) is 0 Å². The van der Waals surface area contributed by atoms with Crippen molar-refractivity contribution in [3.63, 3.8) is 0 Å². The Labute approximate surface area is 120 Å². The van der Waals surface area contributed by atoms with Gasteiger partial charge in [0.1, 0.15) is 16.7 Å². The fraction of sp³-hybridized carbons (Fsp3) is 0. The standard InChI is InChI=1S/C6H4ClO3S.K/c7-5-2-1-3-6(4-5)10-11(8)9;/h1-4H;/q-1;+1. The van der Waals surface area contributed by atoms with Crippen LogP contribution in [0.3, 0.4) is 0 Å². The van der Waals surface area contributed by atoms with Crippen LogP contribution in [0.25, 0.3) is 0 Å². The number of halogens is 1. The molecule has 0 fully saturated rings. The summed E-state index contributed by atoms with van der Waals surface area (Å²) in [7, 11) is -2.53. The van der Waals surface area contributed by atoms with Gasteiger partial charge in [0.05, 0.1) is 0 Å². The predicted molar refractivity (Wildman–Crippen MR) is 40.8 cm³/mol. The Morgan fingerprint density at radius 1 is 1.33 bits per heavy atom. The molecule has 0 saturated heterocycles. The van der Waals surface area contributed by atoms with Crippen molar-refractivity contribution >= 4 is 22.6 Å². The summed E-state index contributed by atoms with van der Waals surface area (Å²) in [5.41, 5.74) is 0. The summed E-state index contributed by atoms with van der Waals surface area (Å²) in [5.74, 6) is 0.214. The van der Waals surface area contributed by atoms with Crippen LogP contribution in [0.5, 0.6) is 5.75 Å². The van der Waals surface area contributed by atoms with Gasteiger partial charge in [-0.3, -0.25) is 0 Å². The second kappa shape index (κ2) is 6.37. The van der Waals surface area contributed by atoms with Crippen LogP contribution in [0.1, 0.15) is 0 Å². The van der Waals surface area contributed by atoms with Gasteiger partial charge < -0.3 is 12.6 Å². The van der Waals surface area contributed by atoms with Crippen LogP contribution in [0.2, 0.25) is 5.02 Å². The summed E-state index contributed by atoms with van der Waals surface area (Å²) in [4.78, 5) is 0. The maximum atomic E-state index is 10.0. The van der Waals surface area contributed by atoms with E-state index in [4.69, 9.17) is 11.6 Å². The van der Waals surface area contributed by atoms with E-state index in [9.17, 15) is 8.42 Å². The molecular weight excluding hydrogens is 227 g/mol.